The van der Waals surface area contributed by atoms with Crippen LogP contribution in [-0.2, 0) is 0 Å². The Bertz CT molecular complexity index is 80.4. The Morgan fingerprint density at radius 1 is 1.33 bits per heavy atom. The molecule has 0 aromatic carbocycles. The molecular weight excluding hydrogens is 129 g/mol. The van der Waals surface area contributed by atoms with Gasteiger partial charge in [0.2, 0.25) is 0 Å². The highest BCUT2D eigenvalue weighted by molar-refractivity contribution is 4.72. The Hall–Kier alpha value is -0.210. The van der Waals surface area contributed by atoms with E-state index in [4.69, 9.17) is 0 Å². The molecule has 0 saturated carbocycles. The molecule has 0 spiro atoms. The Morgan fingerprint density at radius 3 is 1.89 bits per heavy atom. The third-order valence-corrected chi connectivity index (χ3v) is 1.29. The number of alkyl halides is 3. The van der Waals surface area contributed by atoms with E-state index >= 15 is 0 Å². The first-order chi connectivity index (χ1) is 4.04. The minimum absolute atomic E-state index is 0.110. The van der Waals surface area contributed by atoms with E-state index in [2.05, 4.69) is 0 Å². The number of hydrogen-bond donors (Lipinski definition) is 0. The molecule has 0 radical (unpaired) electrons. The smallest absolute Gasteiger partial charge is 0.241 e. The molecule has 0 aromatic rings. The summed E-state index contributed by atoms with van der Waals surface area (Å²) in [6, 6.07) is 0. The van der Waals surface area contributed by atoms with Gasteiger partial charge in [-0.15, -0.1) is 0 Å². The maximum atomic E-state index is 12.2. The van der Waals surface area contributed by atoms with Crippen LogP contribution in [0.5, 0.6) is 0 Å². The third kappa shape index (κ3) is 2.24. The summed E-state index contributed by atoms with van der Waals surface area (Å²) < 4.78 is 36.5. The van der Waals surface area contributed by atoms with Crippen LogP contribution in [0.1, 0.15) is 26.7 Å². The van der Waals surface area contributed by atoms with Crippen LogP contribution in [0.2, 0.25) is 0 Å². The summed E-state index contributed by atoms with van der Waals surface area (Å²) in [4.78, 5) is 0. The van der Waals surface area contributed by atoms with E-state index < -0.39 is 18.5 Å². The summed E-state index contributed by atoms with van der Waals surface area (Å²) in [7, 11) is 0. The van der Waals surface area contributed by atoms with Crippen LogP contribution < -0.4 is 0 Å². The molecule has 0 aliphatic heterocycles. The second-order valence-corrected chi connectivity index (χ2v) is 1.99. The Labute approximate surface area is 53.1 Å². The summed E-state index contributed by atoms with van der Waals surface area (Å²) >= 11 is 0. The van der Waals surface area contributed by atoms with Crippen LogP contribution in [0, 0.1) is 0 Å². The predicted octanol–water partition coefficient (Wildman–Crippen LogP) is 2.78. The zero-order valence-corrected chi connectivity index (χ0v) is 5.63. The van der Waals surface area contributed by atoms with Gasteiger partial charge < -0.3 is 0 Å². The molecule has 0 nitrogen and oxygen atoms in total. The van der Waals surface area contributed by atoms with Crippen molar-refractivity contribution in [2.75, 3.05) is 0 Å². The van der Waals surface area contributed by atoms with Crippen LogP contribution in [0.15, 0.2) is 0 Å². The van der Waals surface area contributed by atoms with Crippen LogP contribution >= 0.6 is 0 Å². The van der Waals surface area contributed by atoms with Crippen molar-refractivity contribution in [1.82, 2.24) is 0 Å². The lowest BCUT2D eigenvalue weighted by Crippen LogP contribution is -2.28. The minimum Gasteiger partial charge on any atom is -0.241 e. The van der Waals surface area contributed by atoms with Crippen molar-refractivity contribution in [3.05, 3.63) is 0 Å². The summed E-state index contributed by atoms with van der Waals surface area (Å²) in [6.07, 6.45) is -2.49. The molecule has 3 heteroatoms. The molecule has 56 valence electrons. The topological polar surface area (TPSA) is 0 Å². The van der Waals surface area contributed by atoms with Gasteiger partial charge in [0.05, 0.1) is 0 Å². The summed E-state index contributed by atoms with van der Waals surface area (Å²) in [5.74, 6) is -3.12. The van der Waals surface area contributed by atoms with Crippen molar-refractivity contribution in [1.29, 1.82) is 0 Å². The van der Waals surface area contributed by atoms with Crippen molar-refractivity contribution in [2.45, 2.75) is 38.8 Å². The Morgan fingerprint density at radius 2 is 1.78 bits per heavy atom. The molecule has 0 aromatic heterocycles. The molecule has 0 N–H and O–H groups in total. The fraction of sp³-hybridized carbons (Fsp3) is 1.00. The van der Waals surface area contributed by atoms with Crippen molar-refractivity contribution in [3.8, 4) is 0 Å². The van der Waals surface area contributed by atoms with Gasteiger partial charge in [0, 0.05) is 6.42 Å². The normalized spacial score (nSPS) is 15.7. The molecule has 0 aliphatic carbocycles. The van der Waals surface area contributed by atoms with E-state index in [-0.39, 0.29) is 6.42 Å². The highest BCUT2D eigenvalue weighted by Gasteiger charge is 2.36. The monoisotopic (exact) mass is 140 g/mol. The van der Waals surface area contributed by atoms with Crippen LogP contribution in [0.25, 0.3) is 0 Å². The Balaban J connectivity index is 3.80. The van der Waals surface area contributed by atoms with Gasteiger partial charge in [0.15, 0.2) is 6.17 Å². The quantitative estimate of drug-likeness (QED) is 0.565. The fourth-order valence-corrected chi connectivity index (χ4v) is 0.520. The van der Waals surface area contributed by atoms with Crippen LogP contribution in [0.3, 0.4) is 0 Å². The van der Waals surface area contributed by atoms with E-state index in [1.807, 2.05) is 0 Å². The number of halogens is 3. The largest absolute Gasteiger partial charge is 0.278 e. The van der Waals surface area contributed by atoms with Gasteiger partial charge in [-0.2, -0.15) is 0 Å². The second-order valence-electron chi connectivity index (χ2n) is 1.99. The lowest BCUT2D eigenvalue weighted by molar-refractivity contribution is -0.0755. The number of rotatable bonds is 3. The first-order valence-electron chi connectivity index (χ1n) is 3.06. The highest BCUT2D eigenvalue weighted by atomic mass is 19.3. The maximum Gasteiger partial charge on any atom is 0.278 e. The van der Waals surface area contributed by atoms with Gasteiger partial charge in [-0.3, -0.25) is 0 Å². The lowest BCUT2D eigenvalue weighted by Gasteiger charge is -2.16. The van der Waals surface area contributed by atoms with Gasteiger partial charge in [0.25, 0.3) is 5.92 Å². The van der Waals surface area contributed by atoms with Crippen LogP contribution in [-0.4, -0.2) is 12.1 Å². The first kappa shape index (κ1) is 8.79. The predicted molar refractivity (Wildman–Crippen MR) is 30.4 cm³/mol. The van der Waals surface area contributed by atoms with Gasteiger partial charge in [0.1, 0.15) is 0 Å². The zero-order chi connectivity index (χ0) is 7.49. The molecule has 1 unspecified atom stereocenters. The maximum absolute atomic E-state index is 12.2. The molecule has 0 bridgehead atoms. The molecule has 0 fully saturated rings. The summed E-state index contributed by atoms with van der Waals surface area (Å²) in [6.45, 7) is 2.69. The molecule has 1 atom stereocenters. The molecule has 0 saturated heterocycles. The average Bonchev–Trinajstić information content (AvgIpc) is 1.86. The van der Waals surface area contributed by atoms with Crippen molar-refractivity contribution in [3.63, 3.8) is 0 Å². The first-order valence-corrected chi connectivity index (χ1v) is 3.06. The summed E-state index contributed by atoms with van der Waals surface area (Å²) in [5.41, 5.74) is 0. The third-order valence-electron chi connectivity index (χ3n) is 1.29. The van der Waals surface area contributed by atoms with Crippen molar-refractivity contribution in [2.24, 2.45) is 0 Å². The van der Waals surface area contributed by atoms with Crippen molar-refractivity contribution >= 4 is 0 Å². The fourth-order valence-electron chi connectivity index (χ4n) is 0.520. The highest BCUT2D eigenvalue weighted by Crippen LogP contribution is 2.26. The van der Waals surface area contributed by atoms with E-state index in [9.17, 15) is 13.2 Å². The van der Waals surface area contributed by atoms with Gasteiger partial charge in [-0.05, 0) is 6.42 Å². The van der Waals surface area contributed by atoms with Gasteiger partial charge >= 0.3 is 0 Å². The molecular formula is C6H11F3. The molecule has 0 aliphatic rings. The number of hydrogen-bond acceptors (Lipinski definition) is 0. The molecule has 0 rings (SSSR count). The molecule has 0 amide bonds. The van der Waals surface area contributed by atoms with Gasteiger partial charge in [-0.1, -0.05) is 13.8 Å². The lowest BCUT2D eigenvalue weighted by atomic mass is 10.1. The van der Waals surface area contributed by atoms with Crippen LogP contribution in [0.4, 0.5) is 13.2 Å². The molecule has 0 heterocycles. The molecule has 9 heavy (non-hydrogen) atoms. The van der Waals surface area contributed by atoms with E-state index in [1.54, 1.807) is 0 Å². The minimum atomic E-state index is -3.12. The Kier molecular flexibility index (Phi) is 3.01. The summed E-state index contributed by atoms with van der Waals surface area (Å²) in [5, 5.41) is 0. The van der Waals surface area contributed by atoms with E-state index in [0.717, 1.165) is 0 Å². The average molecular weight is 140 g/mol. The van der Waals surface area contributed by atoms with Gasteiger partial charge in [-0.25, -0.2) is 13.2 Å². The second kappa shape index (κ2) is 3.08. The SMILES string of the molecule is CCC(F)C(F)(F)CC. The standard InChI is InChI=1S/C6H11F3/c1-3-5(7)6(8,9)4-2/h5H,3-4H2,1-2H3. The van der Waals surface area contributed by atoms with Crippen molar-refractivity contribution < 1.29 is 13.2 Å². The zero-order valence-electron chi connectivity index (χ0n) is 5.63. The van der Waals surface area contributed by atoms with E-state index in [1.165, 1.54) is 13.8 Å². The van der Waals surface area contributed by atoms with E-state index in [0.29, 0.717) is 0 Å².